The molecule has 2 N–H and O–H groups in total. The average molecular weight is 411 g/mol. The number of allylic oxidation sites excluding steroid dienone is 2. The molecule has 0 amide bonds. The number of benzene rings is 1. The smallest absolute Gasteiger partial charge is 0.335 e. The second-order valence-electron chi connectivity index (χ2n) is 11.6. The highest BCUT2D eigenvalue weighted by Gasteiger charge is 2.60. The van der Waals surface area contributed by atoms with Gasteiger partial charge in [-0.2, -0.15) is 0 Å². The van der Waals surface area contributed by atoms with Crippen LogP contribution in [-0.2, 0) is 6.42 Å². The lowest BCUT2D eigenvalue weighted by Gasteiger charge is -2.65. The second kappa shape index (κ2) is 7.14. The predicted molar refractivity (Wildman–Crippen MR) is 121 cm³/mol. The standard InChI is InChI=1S/C27H38O3/c1-17-7-10-23-26(4,14-11-22-25(2,3)12-6-13-27(22,23)5)20(17)16-19-15-18(24(29)30)8-9-21(19)28/h7-9,15,20,22-23,28H,6,10-14,16H2,1-5H3,(H,29,30)/t20-,22+,23+,26+,27+/m1/s1. The molecule has 0 aromatic heterocycles. The summed E-state index contributed by atoms with van der Waals surface area (Å²) in [5, 5.41) is 19.9. The Morgan fingerprint density at radius 3 is 2.50 bits per heavy atom. The number of hydrogen-bond donors (Lipinski definition) is 2. The van der Waals surface area contributed by atoms with Crippen LogP contribution < -0.4 is 0 Å². The van der Waals surface area contributed by atoms with E-state index in [0.29, 0.717) is 29.1 Å². The van der Waals surface area contributed by atoms with Gasteiger partial charge in [-0.15, -0.1) is 0 Å². The third-order valence-electron chi connectivity index (χ3n) is 9.61. The highest BCUT2D eigenvalue weighted by atomic mass is 16.4. The van der Waals surface area contributed by atoms with Crippen molar-refractivity contribution in [2.24, 2.45) is 34.0 Å². The van der Waals surface area contributed by atoms with Crippen LogP contribution in [0.1, 0.15) is 89.1 Å². The van der Waals surface area contributed by atoms with Gasteiger partial charge in [0.15, 0.2) is 0 Å². The summed E-state index contributed by atoms with van der Waals surface area (Å²) in [6.45, 7) is 12.3. The fourth-order valence-corrected chi connectivity index (χ4v) is 8.10. The lowest BCUT2D eigenvalue weighted by atomic mass is 9.39. The molecule has 0 heterocycles. The molecule has 164 valence electrons. The summed E-state index contributed by atoms with van der Waals surface area (Å²) >= 11 is 0. The molecule has 2 fully saturated rings. The molecule has 4 rings (SSSR count). The molecule has 0 unspecified atom stereocenters. The van der Waals surface area contributed by atoms with Gasteiger partial charge in [-0.05, 0) is 103 Å². The Balaban J connectivity index is 1.71. The highest BCUT2D eigenvalue weighted by Crippen LogP contribution is 2.68. The van der Waals surface area contributed by atoms with E-state index in [1.165, 1.54) is 43.7 Å². The monoisotopic (exact) mass is 410 g/mol. The van der Waals surface area contributed by atoms with Crippen LogP contribution in [0, 0.1) is 34.0 Å². The number of aromatic hydroxyl groups is 1. The van der Waals surface area contributed by atoms with E-state index >= 15 is 0 Å². The minimum atomic E-state index is -0.936. The second-order valence-corrected chi connectivity index (χ2v) is 11.6. The van der Waals surface area contributed by atoms with Crippen molar-refractivity contribution in [2.45, 2.75) is 79.6 Å². The number of carbonyl (C=O) groups is 1. The van der Waals surface area contributed by atoms with E-state index < -0.39 is 5.97 Å². The Labute approximate surface area is 181 Å². The third kappa shape index (κ3) is 3.20. The number of hydrogen-bond acceptors (Lipinski definition) is 2. The van der Waals surface area contributed by atoms with Gasteiger partial charge in [-0.1, -0.05) is 45.8 Å². The molecule has 1 aromatic rings. The van der Waals surface area contributed by atoms with Crippen LogP contribution in [0.25, 0.3) is 0 Å². The number of phenols is 1. The maximum atomic E-state index is 11.5. The van der Waals surface area contributed by atoms with Crippen LogP contribution in [0.3, 0.4) is 0 Å². The minimum absolute atomic E-state index is 0.184. The van der Waals surface area contributed by atoms with Gasteiger partial charge in [-0.3, -0.25) is 0 Å². The van der Waals surface area contributed by atoms with Crippen molar-refractivity contribution < 1.29 is 15.0 Å². The van der Waals surface area contributed by atoms with E-state index in [0.717, 1.165) is 17.9 Å². The molecule has 5 atom stereocenters. The summed E-state index contributed by atoms with van der Waals surface area (Å²) in [7, 11) is 0. The average Bonchev–Trinajstić information content (AvgIpc) is 2.64. The molecule has 30 heavy (non-hydrogen) atoms. The van der Waals surface area contributed by atoms with Crippen molar-refractivity contribution in [3.8, 4) is 5.75 Å². The fourth-order valence-electron chi connectivity index (χ4n) is 8.10. The molecule has 3 aliphatic rings. The van der Waals surface area contributed by atoms with Crippen LogP contribution in [0.5, 0.6) is 5.75 Å². The number of phenolic OH excluding ortho intramolecular Hbond substituents is 1. The van der Waals surface area contributed by atoms with Gasteiger partial charge in [-0.25, -0.2) is 4.79 Å². The van der Waals surface area contributed by atoms with Crippen LogP contribution in [-0.4, -0.2) is 16.2 Å². The van der Waals surface area contributed by atoms with Crippen LogP contribution in [0.2, 0.25) is 0 Å². The molecule has 0 spiro atoms. The first kappa shape index (κ1) is 21.5. The third-order valence-corrected chi connectivity index (χ3v) is 9.61. The van der Waals surface area contributed by atoms with Gasteiger partial charge in [0.05, 0.1) is 5.56 Å². The largest absolute Gasteiger partial charge is 0.508 e. The molecule has 3 aliphatic carbocycles. The summed E-state index contributed by atoms with van der Waals surface area (Å²) in [5.74, 6) is 1.04. The van der Waals surface area contributed by atoms with E-state index in [9.17, 15) is 15.0 Å². The van der Waals surface area contributed by atoms with Gasteiger partial charge >= 0.3 is 5.97 Å². The lowest BCUT2D eigenvalue weighted by Crippen LogP contribution is -2.57. The van der Waals surface area contributed by atoms with Gasteiger partial charge < -0.3 is 10.2 Å². The fraction of sp³-hybridized carbons (Fsp3) is 0.667. The van der Waals surface area contributed by atoms with Gasteiger partial charge in [0.1, 0.15) is 5.75 Å². The highest BCUT2D eigenvalue weighted by molar-refractivity contribution is 5.88. The van der Waals surface area contributed by atoms with E-state index in [1.54, 1.807) is 12.1 Å². The Bertz CT molecular complexity index is 882. The van der Waals surface area contributed by atoms with Crippen molar-refractivity contribution >= 4 is 5.97 Å². The molecule has 0 radical (unpaired) electrons. The number of aromatic carboxylic acids is 1. The number of fused-ring (bicyclic) bond motifs is 3. The summed E-state index contributed by atoms with van der Waals surface area (Å²) in [4.78, 5) is 11.5. The van der Waals surface area contributed by atoms with Crippen molar-refractivity contribution in [1.82, 2.24) is 0 Å². The van der Waals surface area contributed by atoms with Crippen molar-refractivity contribution in [3.05, 3.63) is 41.0 Å². The summed E-state index contributed by atoms with van der Waals surface area (Å²) < 4.78 is 0. The van der Waals surface area contributed by atoms with Crippen molar-refractivity contribution in [2.75, 3.05) is 0 Å². The zero-order chi connectivity index (χ0) is 21.9. The normalized spacial score (nSPS) is 37.6. The predicted octanol–water partition coefficient (Wildman–Crippen LogP) is 6.85. The molecule has 2 saturated carbocycles. The van der Waals surface area contributed by atoms with E-state index in [-0.39, 0.29) is 16.7 Å². The first-order chi connectivity index (χ1) is 14.0. The van der Waals surface area contributed by atoms with E-state index in [4.69, 9.17) is 0 Å². The minimum Gasteiger partial charge on any atom is -0.508 e. The molecular weight excluding hydrogens is 372 g/mol. The Morgan fingerprint density at radius 2 is 1.80 bits per heavy atom. The first-order valence-electron chi connectivity index (χ1n) is 11.7. The van der Waals surface area contributed by atoms with Crippen LogP contribution >= 0.6 is 0 Å². The number of carboxylic acids is 1. The Kier molecular flexibility index (Phi) is 5.11. The maximum absolute atomic E-state index is 11.5. The maximum Gasteiger partial charge on any atom is 0.335 e. The molecule has 3 nitrogen and oxygen atoms in total. The lowest BCUT2D eigenvalue weighted by molar-refractivity contribution is -0.145. The number of carboxylic acid groups (broad SMARTS) is 1. The zero-order valence-corrected chi connectivity index (χ0v) is 19.3. The van der Waals surface area contributed by atoms with Gasteiger partial charge in [0.2, 0.25) is 0 Å². The van der Waals surface area contributed by atoms with Crippen molar-refractivity contribution in [3.63, 3.8) is 0 Å². The van der Waals surface area contributed by atoms with Gasteiger partial charge in [0.25, 0.3) is 0 Å². The van der Waals surface area contributed by atoms with E-state index in [2.05, 4.69) is 40.7 Å². The van der Waals surface area contributed by atoms with E-state index in [1.807, 2.05) is 0 Å². The summed E-state index contributed by atoms with van der Waals surface area (Å²) in [6.07, 6.45) is 10.8. The Morgan fingerprint density at radius 1 is 1.07 bits per heavy atom. The van der Waals surface area contributed by atoms with Crippen molar-refractivity contribution in [1.29, 1.82) is 0 Å². The quantitative estimate of drug-likeness (QED) is 0.536. The van der Waals surface area contributed by atoms with Crippen LogP contribution in [0.15, 0.2) is 29.8 Å². The first-order valence-corrected chi connectivity index (χ1v) is 11.7. The summed E-state index contributed by atoms with van der Waals surface area (Å²) in [5.41, 5.74) is 3.38. The molecule has 1 aromatic carbocycles. The summed E-state index contributed by atoms with van der Waals surface area (Å²) in [6, 6.07) is 4.71. The van der Waals surface area contributed by atoms with Crippen LogP contribution in [0.4, 0.5) is 0 Å². The number of rotatable bonds is 3. The topological polar surface area (TPSA) is 57.5 Å². The molecular formula is C27H38O3. The molecule has 0 aliphatic heterocycles. The zero-order valence-electron chi connectivity index (χ0n) is 19.3. The Hall–Kier alpha value is -1.77. The van der Waals surface area contributed by atoms with Gasteiger partial charge in [0, 0.05) is 0 Å². The SMILES string of the molecule is CC1=CC[C@H]2[C@@](C)(CC[C@H]3C(C)(C)CCC[C@]23C)[C@@H]1Cc1cc(C(=O)O)ccc1O. The molecule has 0 saturated heterocycles. The molecule has 3 heteroatoms. The molecule has 0 bridgehead atoms.